The number of halogens is 2. The van der Waals surface area contributed by atoms with Crippen LogP contribution in [0.5, 0.6) is 0 Å². The molecule has 16 heavy (non-hydrogen) atoms. The summed E-state index contributed by atoms with van der Waals surface area (Å²) in [7, 11) is 0. The SMILES string of the molecule is NCc1ccn(Cc2cc(Cl)ccc2Cl)c1. The van der Waals surface area contributed by atoms with Crippen LogP contribution >= 0.6 is 23.2 Å². The third kappa shape index (κ3) is 2.59. The smallest absolute Gasteiger partial charge is 0.0485 e. The van der Waals surface area contributed by atoms with Crippen LogP contribution < -0.4 is 5.73 Å². The van der Waals surface area contributed by atoms with E-state index in [1.54, 1.807) is 6.07 Å². The van der Waals surface area contributed by atoms with Crippen molar-refractivity contribution in [2.45, 2.75) is 13.1 Å². The summed E-state index contributed by atoms with van der Waals surface area (Å²) in [5.41, 5.74) is 7.67. The van der Waals surface area contributed by atoms with E-state index >= 15 is 0 Å². The van der Waals surface area contributed by atoms with Crippen molar-refractivity contribution in [2.75, 3.05) is 0 Å². The molecule has 2 rings (SSSR count). The van der Waals surface area contributed by atoms with E-state index in [2.05, 4.69) is 0 Å². The summed E-state index contributed by atoms with van der Waals surface area (Å²) in [6.45, 7) is 1.26. The average molecular weight is 255 g/mol. The van der Waals surface area contributed by atoms with Gasteiger partial charge in [0, 0.05) is 35.5 Å². The number of nitrogens with two attached hydrogens (primary N) is 1. The minimum atomic E-state index is 0.552. The highest BCUT2D eigenvalue weighted by atomic mass is 35.5. The first-order valence-electron chi connectivity index (χ1n) is 4.97. The Kier molecular flexibility index (Phi) is 3.54. The number of rotatable bonds is 3. The first kappa shape index (κ1) is 11.5. The fourth-order valence-corrected chi connectivity index (χ4v) is 1.94. The molecule has 0 bridgehead atoms. The first-order chi connectivity index (χ1) is 7.69. The molecule has 0 aliphatic heterocycles. The molecule has 2 nitrogen and oxygen atoms in total. The van der Waals surface area contributed by atoms with E-state index in [0.29, 0.717) is 18.1 Å². The van der Waals surface area contributed by atoms with Gasteiger partial charge in [-0.25, -0.2) is 0 Å². The monoisotopic (exact) mass is 254 g/mol. The fraction of sp³-hybridized carbons (Fsp3) is 0.167. The molecule has 0 atom stereocenters. The molecular weight excluding hydrogens is 243 g/mol. The zero-order chi connectivity index (χ0) is 11.5. The zero-order valence-electron chi connectivity index (χ0n) is 8.66. The Balaban J connectivity index is 2.22. The summed E-state index contributed by atoms with van der Waals surface area (Å²) >= 11 is 12.0. The van der Waals surface area contributed by atoms with Gasteiger partial charge in [-0.05, 0) is 35.4 Å². The quantitative estimate of drug-likeness (QED) is 0.896. The third-order valence-electron chi connectivity index (χ3n) is 2.41. The lowest BCUT2D eigenvalue weighted by atomic mass is 10.2. The Morgan fingerprint density at radius 2 is 2.00 bits per heavy atom. The fourth-order valence-electron chi connectivity index (χ4n) is 1.57. The summed E-state index contributed by atoms with van der Waals surface area (Å²) in [5, 5.41) is 1.43. The normalized spacial score (nSPS) is 10.7. The number of nitrogens with zero attached hydrogens (tertiary/aromatic N) is 1. The molecule has 0 unspecified atom stereocenters. The Hall–Kier alpha value is -0.960. The highest BCUT2D eigenvalue weighted by Crippen LogP contribution is 2.21. The number of hydrogen-bond acceptors (Lipinski definition) is 1. The maximum atomic E-state index is 6.09. The van der Waals surface area contributed by atoms with E-state index < -0.39 is 0 Å². The topological polar surface area (TPSA) is 30.9 Å². The third-order valence-corrected chi connectivity index (χ3v) is 3.01. The van der Waals surface area contributed by atoms with Crippen LogP contribution in [0.2, 0.25) is 10.0 Å². The Labute approximate surface area is 105 Å². The standard InChI is InChI=1S/C12H12Cl2N2/c13-11-1-2-12(14)10(5-11)8-16-4-3-9(6-15)7-16/h1-5,7H,6,8,15H2. The van der Waals surface area contributed by atoms with Crippen molar-refractivity contribution in [3.05, 3.63) is 57.8 Å². The van der Waals surface area contributed by atoms with Crippen LogP contribution in [0.15, 0.2) is 36.7 Å². The van der Waals surface area contributed by atoms with Crippen molar-refractivity contribution < 1.29 is 0 Å². The molecule has 0 saturated heterocycles. The molecule has 0 saturated carbocycles. The van der Waals surface area contributed by atoms with Gasteiger partial charge in [-0.3, -0.25) is 0 Å². The molecule has 4 heteroatoms. The van der Waals surface area contributed by atoms with E-state index in [1.165, 1.54) is 0 Å². The minimum absolute atomic E-state index is 0.552. The average Bonchev–Trinajstić information content (AvgIpc) is 2.71. The summed E-state index contributed by atoms with van der Waals surface area (Å²) in [6, 6.07) is 7.48. The van der Waals surface area contributed by atoms with Gasteiger partial charge in [0.1, 0.15) is 0 Å². The molecule has 0 amide bonds. The predicted molar refractivity (Wildman–Crippen MR) is 67.9 cm³/mol. The van der Waals surface area contributed by atoms with Gasteiger partial charge in [-0.2, -0.15) is 0 Å². The highest BCUT2D eigenvalue weighted by Gasteiger charge is 2.02. The largest absolute Gasteiger partial charge is 0.350 e. The molecule has 1 heterocycles. The summed E-state index contributed by atoms with van der Waals surface area (Å²) in [5.74, 6) is 0. The van der Waals surface area contributed by atoms with Crippen molar-refractivity contribution >= 4 is 23.2 Å². The van der Waals surface area contributed by atoms with Crippen LogP contribution in [0.4, 0.5) is 0 Å². The van der Waals surface area contributed by atoms with Crippen LogP contribution in [-0.2, 0) is 13.1 Å². The lowest BCUT2D eigenvalue weighted by molar-refractivity contribution is 0.802. The summed E-state index contributed by atoms with van der Waals surface area (Å²) in [6.07, 6.45) is 4.00. The zero-order valence-corrected chi connectivity index (χ0v) is 10.2. The van der Waals surface area contributed by atoms with E-state index in [9.17, 15) is 0 Å². The minimum Gasteiger partial charge on any atom is -0.350 e. The second-order valence-electron chi connectivity index (χ2n) is 3.63. The van der Waals surface area contributed by atoms with E-state index in [1.807, 2.05) is 35.2 Å². The molecule has 0 spiro atoms. The molecule has 2 N–H and O–H groups in total. The van der Waals surface area contributed by atoms with Crippen molar-refractivity contribution in [3.8, 4) is 0 Å². The van der Waals surface area contributed by atoms with Crippen LogP contribution in [0.3, 0.4) is 0 Å². The van der Waals surface area contributed by atoms with E-state index in [4.69, 9.17) is 28.9 Å². The van der Waals surface area contributed by atoms with Gasteiger partial charge in [0.25, 0.3) is 0 Å². The van der Waals surface area contributed by atoms with Crippen molar-refractivity contribution in [2.24, 2.45) is 5.73 Å². The number of benzene rings is 1. The molecule has 2 aromatic rings. The molecule has 1 aromatic carbocycles. The van der Waals surface area contributed by atoms with Gasteiger partial charge >= 0.3 is 0 Å². The van der Waals surface area contributed by atoms with Crippen molar-refractivity contribution in [1.82, 2.24) is 4.57 Å². The summed E-state index contributed by atoms with van der Waals surface area (Å²) < 4.78 is 2.04. The molecule has 0 radical (unpaired) electrons. The summed E-state index contributed by atoms with van der Waals surface area (Å²) in [4.78, 5) is 0. The maximum absolute atomic E-state index is 6.09. The van der Waals surface area contributed by atoms with Gasteiger partial charge in [0.15, 0.2) is 0 Å². The Morgan fingerprint density at radius 1 is 1.19 bits per heavy atom. The lowest BCUT2D eigenvalue weighted by Crippen LogP contribution is -1.98. The van der Waals surface area contributed by atoms with Gasteiger partial charge < -0.3 is 10.3 Å². The molecule has 84 valence electrons. The Morgan fingerprint density at radius 3 is 2.69 bits per heavy atom. The predicted octanol–water partition coefficient (Wildman–Crippen LogP) is 3.30. The van der Waals surface area contributed by atoms with Crippen LogP contribution in [-0.4, -0.2) is 4.57 Å². The van der Waals surface area contributed by atoms with Gasteiger partial charge in [-0.1, -0.05) is 23.2 Å². The molecule has 0 aliphatic rings. The number of hydrogen-bond donors (Lipinski definition) is 1. The van der Waals surface area contributed by atoms with Gasteiger partial charge in [-0.15, -0.1) is 0 Å². The van der Waals surface area contributed by atoms with Crippen LogP contribution in [0.25, 0.3) is 0 Å². The van der Waals surface area contributed by atoms with Crippen molar-refractivity contribution in [1.29, 1.82) is 0 Å². The molecular formula is C12H12Cl2N2. The van der Waals surface area contributed by atoms with Gasteiger partial charge in [0.05, 0.1) is 0 Å². The highest BCUT2D eigenvalue weighted by molar-refractivity contribution is 6.33. The lowest BCUT2D eigenvalue weighted by Gasteiger charge is -2.06. The Bertz CT molecular complexity index is 492. The second-order valence-corrected chi connectivity index (χ2v) is 4.48. The molecule has 1 aromatic heterocycles. The van der Waals surface area contributed by atoms with Gasteiger partial charge in [0.2, 0.25) is 0 Å². The van der Waals surface area contributed by atoms with Crippen LogP contribution in [0.1, 0.15) is 11.1 Å². The first-order valence-corrected chi connectivity index (χ1v) is 5.73. The molecule has 0 aliphatic carbocycles. The van der Waals surface area contributed by atoms with E-state index in [0.717, 1.165) is 16.1 Å². The van der Waals surface area contributed by atoms with Crippen molar-refractivity contribution in [3.63, 3.8) is 0 Å². The molecule has 0 fully saturated rings. The van der Waals surface area contributed by atoms with Crippen LogP contribution in [0, 0.1) is 0 Å². The number of aromatic nitrogens is 1. The maximum Gasteiger partial charge on any atom is 0.0485 e. The second kappa shape index (κ2) is 4.91. The van der Waals surface area contributed by atoms with E-state index in [-0.39, 0.29) is 0 Å².